The molecule has 0 spiro atoms. The molecule has 19 nitrogen and oxygen atoms in total. The Hall–Kier alpha value is -2.25. The second-order valence-corrected chi connectivity index (χ2v) is 19.3. The average Bonchev–Trinajstić information content (AvgIpc) is 3.37. The highest BCUT2D eigenvalue weighted by atomic mass is 16.8. The third kappa shape index (κ3) is 22.5. The van der Waals surface area contributed by atoms with E-state index < -0.39 is 124 Å². The van der Waals surface area contributed by atoms with Crippen LogP contribution in [0.1, 0.15) is 149 Å². The first kappa shape index (κ1) is 64.0. The van der Waals surface area contributed by atoms with Crippen molar-refractivity contribution in [3.63, 3.8) is 0 Å². The molecule has 3 fully saturated rings. The van der Waals surface area contributed by atoms with Gasteiger partial charge in [0.05, 0.1) is 38.6 Å². The number of allylic oxidation sites excluding steroid dienone is 7. The molecule has 17 unspecified atom stereocenters. The third-order valence-corrected chi connectivity index (χ3v) is 13.3. The Morgan fingerprint density at radius 3 is 1.43 bits per heavy atom. The van der Waals surface area contributed by atoms with Gasteiger partial charge in [-0.15, -0.1) is 0 Å². The second-order valence-electron chi connectivity index (χ2n) is 19.3. The molecule has 0 aromatic rings. The van der Waals surface area contributed by atoms with Crippen molar-refractivity contribution in [3.05, 3.63) is 48.6 Å². The molecule has 3 rings (SSSR count). The predicted octanol–water partition coefficient (Wildman–Crippen LogP) is 2.75. The van der Waals surface area contributed by atoms with Crippen molar-refractivity contribution in [2.24, 2.45) is 0 Å². The molecule has 17 atom stereocenters. The number of aliphatic hydroxyl groups excluding tert-OH is 11. The Morgan fingerprint density at radius 2 is 0.903 bits per heavy atom. The number of nitrogens with one attached hydrogen (secondary N) is 1. The lowest BCUT2D eigenvalue weighted by atomic mass is 9.96. The van der Waals surface area contributed by atoms with Crippen molar-refractivity contribution in [2.45, 2.75) is 253 Å². The number of carbonyl (C=O) groups excluding carboxylic acids is 1. The van der Waals surface area contributed by atoms with E-state index in [0.717, 1.165) is 64.2 Å². The van der Waals surface area contributed by atoms with E-state index in [1.165, 1.54) is 51.4 Å². The van der Waals surface area contributed by atoms with Crippen LogP contribution in [0.3, 0.4) is 0 Å². The van der Waals surface area contributed by atoms with Crippen LogP contribution < -0.4 is 5.32 Å². The molecular formula is C53H93NO18. The van der Waals surface area contributed by atoms with Gasteiger partial charge in [-0.1, -0.05) is 127 Å². The highest BCUT2D eigenvalue weighted by Gasteiger charge is 2.53. The molecular weight excluding hydrogens is 939 g/mol. The van der Waals surface area contributed by atoms with Gasteiger partial charge in [0.15, 0.2) is 18.9 Å². The zero-order valence-electron chi connectivity index (χ0n) is 42.9. The molecule has 1 amide bonds. The fraction of sp³-hybridized carbons (Fsp3) is 0.830. The largest absolute Gasteiger partial charge is 0.394 e. The van der Waals surface area contributed by atoms with E-state index in [-0.39, 0.29) is 18.9 Å². The van der Waals surface area contributed by atoms with Gasteiger partial charge in [-0.25, -0.2) is 0 Å². The smallest absolute Gasteiger partial charge is 0.220 e. The summed E-state index contributed by atoms with van der Waals surface area (Å²) in [5.41, 5.74) is 0. The van der Waals surface area contributed by atoms with Crippen LogP contribution >= 0.6 is 0 Å². The van der Waals surface area contributed by atoms with E-state index in [1.807, 2.05) is 6.08 Å². The summed E-state index contributed by atoms with van der Waals surface area (Å²) in [4.78, 5) is 13.2. The number of rotatable bonds is 37. The van der Waals surface area contributed by atoms with Crippen molar-refractivity contribution in [3.8, 4) is 0 Å². The number of hydrogen-bond acceptors (Lipinski definition) is 18. The molecule has 0 aromatic heterocycles. The fourth-order valence-electron chi connectivity index (χ4n) is 8.79. The maximum absolute atomic E-state index is 13.2. The predicted molar refractivity (Wildman–Crippen MR) is 268 cm³/mol. The lowest BCUT2D eigenvalue weighted by molar-refractivity contribution is -0.379. The Bertz CT molecular complexity index is 1520. The lowest BCUT2D eigenvalue weighted by Gasteiger charge is -2.48. The van der Waals surface area contributed by atoms with Gasteiger partial charge in [-0.05, 0) is 64.2 Å². The minimum atomic E-state index is -1.98. The van der Waals surface area contributed by atoms with Crippen molar-refractivity contribution in [1.29, 1.82) is 0 Å². The molecule has 0 saturated carbocycles. The minimum Gasteiger partial charge on any atom is -0.394 e. The summed E-state index contributed by atoms with van der Waals surface area (Å²) >= 11 is 0. The normalized spacial score (nSPS) is 32.4. The average molecular weight is 1030 g/mol. The maximum atomic E-state index is 13.2. The van der Waals surface area contributed by atoms with Crippen molar-refractivity contribution in [2.75, 3.05) is 26.4 Å². The number of amides is 1. The highest BCUT2D eigenvalue weighted by molar-refractivity contribution is 5.76. The zero-order valence-corrected chi connectivity index (χ0v) is 42.9. The topological polar surface area (TPSA) is 307 Å². The quantitative estimate of drug-likeness (QED) is 0.0315. The first-order chi connectivity index (χ1) is 34.8. The first-order valence-corrected chi connectivity index (χ1v) is 26.9. The Balaban J connectivity index is 1.56. The van der Waals surface area contributed by atoms with Crippen LogP contribution in [0.15, 0.2) is 48.6 Å². The van der Waals surface area contributed by atoms with Crippen LogP contribution in [0.5, 0.6) is 0 Å². The molecule has 3 aliphatic rings. The molecule has 418 valence electrons. The van der Waals surface area contributed by atoms with Crippen LogP contribution in [0.2, 0.25) is 0 Å². The van der Waals surface area contributed by atoms with Crippen molar-refractivity contribution in [1.82, 2.24) is 5.32 Å². The monoisotopic (exact) mass is 1030 g/mol. The number of hydrogen-bond donors (Lipinski definition) is 12. The highest BCUT2D eigenvalue weighted by Crippen LogP contribution is 2.33. The molecule has 0 bridgehead atoms. The Labute approximate surface area is 427 Å². The fourth-order valence-corrected chi connectivity index (χ4v) is 8.79. The van der Waals surface area contributed by atoms with E-state index in [0.29, 0.717) is 12.8 Å². The summed E-state index contributed by atoms with van der Waals surface area (Å²) in [6, 6.07) is -0.998. The molecule has 0 radical (unpaired) electrons. The SMILES string of the molecule is CCCC/C=C/CC/C=C/CC/C=C/C(O)C(COC1OC(CO)C(OC2OC(CO)C(OC3OC(CO)C(O)C(O)C3O)C(O)C2O)C(O)C1O)NC(=O)CCCCCCC/C=C\CCCCCCCC. The Kier molecular flexibility index (Phi) is 33.3. The molecule has 0 aromatic carbocycles. The van der Waals surface area contributed by atoms with Gasteiger partial charge in [0.1, 0.15) is 73.2 Å². The number of aliphatic hydroxyl groups is 11. The molecule has 3 saturated heterocycles. The summed E-state index contributed by atoms with van der Waals surface area (Å²) in [6.45, 7) is 1.59. The third-order valence-electron chi connectivity index (χ3n) is 13.3. The Morgan fingerprint density at radius 1 is 0.486 bits per heavy atom. The summed E-state index contributed by atoms with van der Waals surface area (Å²) in [6.07, 6.45) is 11.1. The lowest BCUT2D eigenvalue weighted by Crippen LogP contribution is -2.66. The van der Waals surface area contributed by atoms with Gasteiger partial charge >= 0.3 is 0 Å². The maximum Gasteiger partial charge on any atom is 0.220 e. The molecule has 12 N–H and O–H groups in total. The van der Waals surface area contributed by atoms with Gasteiger partial charge in [-0.2, -0.15) is 0 Å². The van der Waals surface area contributed by atoms with E-state index >= 15 is 0 Å². The molecule has 3 aliphatic heterocycles. The van der Waals surface area contributed by atoms with Crippen molar-refractivity contribution >= 4 is 5.91 Å². The van der Waals surface area contributed by atoms with Gasteiger partial charge in [0.25, 0.3) is 0 Å². The second kappa shape index (κ2) is 37.5. The summed E-state index contributed by atoms with van der Waals surface area (Å²) in [5, 5.41) is 120. The summed E-state index contributed by atoms with van der Waals surface area (Å²) in [7, 11) is 0. The van der Waals surface area contributed by atoms with Gasteiger partial charge in [0, 0.05) is 6.42 Å². The van der Waals surface area contributed by atoms with Crippen LogP contribution in [0, 0.1) is 0 Å². The van der Waals surface area contributed by atoms with Crippen LogP contribution in [-0.4, -0.2) is 193 Å². The molecule has 72 heavy (non-hydrogen) atoms. The number of unbranched alkanes of at least 4 members (excludes halogenated alkanes) is 15. The minimum absolute atomic E-state index is 0.220. The first-order valence-electron chi connectivity index (χ1n) is 26.9. The summed E-state index contributed by atoms with van der Waals surface area (Å²) in [5.74, 6) is -0.303. The standard InChI is InChI=1S/C53H93NO18/c1-3-5-7-9-11-13-15-17-18-19-21-23-25-27-29-31-41(59)54-36(37(58)30-28-26-24-22-20-16-14-12-10-8-6-4-2)35-67-51-47(65)44(62)49(39(33-56)69-51)72-53-48(66)45(63)50(40(34-57)70-53)71-52-46(64)43(61)42(60)38(32-55)68-52/h10,12,17-18,20,22,28,30,36-40,42-53,55-58,60-66H,3-9,11,13-16,19,21,23-27,29,31-35H2,1-2H3,(H,54,59)/b12-10+,18-17-,22-20+,30-28+. The summed E-state index contributed by atoms with van der Waals surface area (Å²) < 4.78 is 34.1. The molecule has 3 heterocycles. The number of ether oxygens (including phenoxy) is 6. The molecule has 19 heteroatoms. The van der Waals surface area contributed by atoms with Crippen LogP contribution in [-0.2, 0) is 33.2 Å². The van der Waals surface area contributed by atoms with Gasteiger partial charge in [-0.3, -0.25) is 4.79 Å². The van der Waals surface area contributed by atoms with E-state index in [1.54, 1.807) is 6.08 Å². The zero-order chi connectivity index (χ0) is 52.7. The molecule has 0 aliphatic carbocycles. The van der Waals surface area contributed by atoms with E-state index in [2.05, 4.69) is 55.6 Å². The van der Waals surface area contributed by atoms with Gasteiger partial charge in [0.2, 0.25) is 5.91 Å². The number of carbonyl (C=O) groups is 1. The van der Waals surface area contributed by atoms with Crippen LogP contribution in [0.4, 0.5) is 0 Å². The van der Waals surface area contributed by atoms with E-state index in [9.17, 15) is 61.0 Å². The van der Waals surface area contributed by atoms with Gasteiger partial charge < -0.3 is 89.9 Å². The van der Waals surface area contributed by atoms with Crippen molar-refractivity contribution < 1.29 is 89.4 Å². The van der Waals surface area contributed by atoms with E-state index in [4.69, 9.17) is 28.4 Å². The van der Waals surface area contributed by atoms with Crippen LogP contribution in [0.25, 0.3) is 0 Å².